The number of piperidine rings is 1. The zero-order chi connectivity index (χ0) is 18.0. The Morgan fingerprint density at radius 3 is 2.52 bits per heavy atom. The van der Waals surface area contributed by atoms with Crippen LogP contribution in [0.1, 0.15) is 18.4 Å². The maximum absolute atomic E-state index is 12.8. The van der Waals surface area contributed by atoms with Gasteiger partial charge in [-0.1, -0.05) is 17.7 Å². The van der Waals surface area contributed by atoms with E-state index in [9.17, 15) is 9.59 Å². The van der Waals surface area contributed by atoms with Crippen molar-refractivity contribution in [2.24, 2.45) is 11.7 Å². The molecule has 6 nitrogen and oxygen atoms in total. The zero-order valence-corrected chi connectivity index (χ0v) is 15.3. The Morgan fingerprint density at radius 2 is 1.84 bits per heavy atom. The van der Waals surface area contributed by atoms with Gasteiger partial charge in [-0.2, -0.15) is 0 Å². The van der Waals surface area contributed by atoms with Crippen LogP contribution in [0, 0.1) is 12.8 Å². The summed E-state index contributed by atoms with van der Waals surface area (Å²) in [5.74, 6) is 0.0223. The topological polar surface area (TPSA) is 69.9 Å². The Balaban J connectivity index is 1.59. The maximum Gasteiger partial charge on any atom is 0.314 e. The van der Waals surface area contributed by atoms with Crippen molar-refractivity contribution >= 4 is 29.2 Å². The van der Waals surface area contributed by atoms with Crippen molar-refractivity contribution in [3.05, 3.63) is 28.8 Å². The number of hydrogen-bond acceptors (Lipinski definition) is 3. The summed E-state index contributed by atoms with van der Waals surface area (Å²) in [5.41, 5.74) is 7.69. The Bertz CT molecular complexity index is 658. The molecule has 2 heterocycles. The van der Waals surface area contributed by atoms with Crippen LogP contribution in [0.15, 0.2) is 18.2 Å². The summed E-state index contributed by atoms with van der Waals surface area (Å²) in [5, 5.41) is 0.729. The van der Waals surface area contributed by atoms with Crippen molar-refractivity contribution in [1.82, 2.24) is 9.80 Å². The summed E-state index contributed by atoms with van der Waals surface area (Å²) in [6, 6.07) is 5.47. The van der Waals surface area contributed by atoms with E-state index in [2.05, 4.69) is 11.8 Å². The molecule has 3 rings (SSSR count). The lowest BCUT2D eigenvalue weighted by Crippen LogP contribution is -2.53. The fourth-order valence-electron chi connectivity index (χ4n) is 3.73. The summed E-state index contributed by atoms with van der Waals surface area (Å²) < 4.78 is 0. The molecule has 0 aromatic heterocycles. The highest BCUT2D eigenvalue weighted by atomic mass is 35.5. The van der Waals surface area contributed by atoms with E-state index in [1.165, 1.54) is 5.56 Å². The van der Waals surface area contributed by atoms with E-state index in [4.69, 9.17) is 17.3 Å². The smallest absolute Gasteiger partial charge is 0.314 e. The van der Waals surface area contributed by atoms with Crippen molar-refractivity contribution in [2.75, 3.05) is 44.2 Å². The van der Waals surface area contributed by atoms with Gasteiger partial charge >= 0.3 is 6.03 Å². The van der Waals surface area contributed by atoms with Gasteiger partial charge in [0.2, 0.25) is 5.91 Å². The lowest BCUT2D eigenvalue weighted by atomic mass is 9.96. The molecule has 7 heteroatoms. The van der Waals surface area contributed by atoms with Gasteiger partial charge in [0.1, 0.15) is 0 Å². The van der Waals surface area contributed by atoms with E-state index < -0.39 is 6.03 Å². The number of halogens is 1. The quantitative estimate of drug-likeness (QED) is 0.873. The van der Waals surface area contributed by atoms with Crippen molar-refractivity contribution in [1.29, 1.82) is 0 Å². The minimum absolute atomic E-state index is 0.124. The first-order valence-electron chi connectivity index (χ1n) is 8.80. The number of nitrogens with two attached hydrogens (primary N) is 1. The summed E-state index contributed by atoms with van der Waals surface area (Å²) >= 11 is 6.12. The first-order valence-corrected chi connectivity index (χ1v) is 9.18. The number of urea groups is 1. The second-order valence-corrected chi connectivity index (χ2v) is 7.30. The molecule has 0 unspecified atom stereocenters. The molecule has 0 bridgehead atoms. The van der Waals surface area contributed by atoms with Crippen LogP contribution < -0.4 is 10.6 Å². The lowest BCUT2D eigenvalue weighted by molar-refractivity contribution is -0.137. The average molecular weight is 365 g/mol. The van der Waals surface area contributed by atoms with Crippen molar-refractivity contribution in [3.63, 3.8) is 0 Å². The van der Waals surface area contributed by atoms with Crippen LogP contribution in [-0.2, 0) is 4.79 Å². The molecule has 0 radical (unpaired) electrons. The largest absolute Gasteiger partial charge is 0.368 e. The highest BCUT2D eigenvalue weighted by molar-refractivity contribution is 6.30. The number of likely N-dealkylation sites (tertiary alicyclic amines) is 1. The molecule has 0 aliphatic carbocycles. The lowest BCUT2D eigenvalue weighted by Gasteiger charge is -2.40. The zero-order valence-electron chi connectivity index (χ0n) is 14.6. The van der Waals surface area contributed by atoms with Crippen LogP contribution in [0.3, 0.4) is 0 Å². The molecular formula is C18H25ClN4O2. The molecule has 2 aliphatic rings. The third kappa shape index (κ3) is 4.00. The Kier molecular flexibility index (Phi) is 5.37. The van der Waals surface area contributed by atoms with Crippen LogP contribution >= 0.6 is 11.6 Å². The van der Waals surface area contributed by atoms with Crippen LogP contribution in [0.25, 0.3) is 0 Å². The van der Waals surface area contributed by atoms with Gasteiger partial charge in [0.15, 0.2) is 0 Å². The summed E-state index contributed by atoms with van der Waals surface area (Å²) in [4.78, 5) is 29.9. The van der Waals surface area contributed by atoms with Crippen LogP contribution in [0.5, 0.6) is 0 Å². The van der Waals surface area contributed by atoms with E-state index in [0.717, 1.165) is 36.6 Å². The monoisotopic (exact) mass is 364 g/mol. The van der Waals surface area contributed by atoms with E-state index in [1.807, 2.05) is 23.1 Å². The molecule has 3 amide bonds. The maximum atomic E-state index is 12.8. The number of carbonyl (C=O) groups excluding carboxylic acids is 2. The number of anilines is 1. The van der Waals surface area contributed by atoms with Gasteiger partial charge < -0.3 is 20.4 Å². The van der Waals surface area contributed by atoms with E-state index in [0.29, 0.717) is 26.2 Å². The molecule has 136 valence electrons. The highest BCUT2D eigenvalue weighted by Crippen LogP contribution is 2.26. The standard InChI is InChI=1S/C18H25ClN4O2/c1-13-4-5-15(19)11-16(13)21-7-9-22(10-8-21)17(24)14-3-2-6-23(12-14)18(20)25/h4-5,11,14H,2-3,6-10,12H2,1H3,(H2,20,25)/t14-/m1/s1. The predicted octanol–water partition coefficient (Wildman–Crippen LogP) is 2.09. The number of nitrogens with zero attached hydrogens (tertiary/aromatic N) is 3. The molecule has 0 spiro atoms. The highest BCUT2D eigenvalue weighted by Gasteiger charge is 2.32. The van der Waals surface area contributed by atoms with Crippen LogP contribution in [0.2, 0.25) is 5.02 Å². The second-order valence-electron chi connectivity index (χ2n) is 6.87. The number of piperazine rings is 1. The number of hydrogen-bond donors (Lipinski definition) is 1. The number of carbonyl (C=O) groups is 2. The minimum atomic E-state index is -0.432. The second kappa shape index (κ2) is 7.52. The molecule has 1 aromatic rings. The van der Waals surface area contributed by atoms with Crippen molar-refractivity contribution in [3.8, 4) is 0 Å². The fourth-order valence-corrected chi connectivity index (χ4v) is 3.89. The first kappa shape index (κ1) is 17.9. The minimum Gasteiger partial charge on any atom is -0.368 e. The van der Waals surface area contributed by atoms with Gasteiger partial charge in [-0.15, -0.1) is 0 Å². The van der Waals surface area contributed by atoms with E-state index >= 15 is 0 Å². The SMILES string of the molecule is Cc1ccc(Cl)cc1N1CCN(C(=O)[C@@H]2CCCN(C(N)=O)C2)CC1. The van der Waals surface area contributed by atoms with Crippen molar-refractivity contribution in [2.45, 2.75) is 19.8 Å². The molecule has 2 fully saturated rings. The number of benzene rings is 1. The molecule has 25 heavy (non-hydrogen) atoms. The normalized spacial score (nSPS) is 21.4. The summed E-state index contributed by atoms with van der Waals surface area (Å²) in [6.07, 6.45) is 1.66. The van der Waals surface area contributed by atoms with Gasteiger partial charge in [0.25, 0.3) is 0 Å². The van der Waals surface area contributed by atoms with Crippen molar-refractivity contribution < 1.29 is 9.59 Å². The third-order valence-corrected chi connectivity index (χ3v) is 5.42. The number of aryl methyl sites for hydroxylation is 1. The van der Waals surface area contributed by atoms with Gasteiger partial charge in [-0.05, 0) is 37.5 Å². The van der Waals surface area contributed by atoms with Crippen LogP contribution in [-0.4, -0.2) is 61.0 Å². The Morgan fingerprint density at radius 1 is 1.12 bits per heavy atom. The Hall–Kier alpha value is -1.95. The molecule has 2 aliphatic heterocycles. The Labute approximate surface area is 153 Å². The molecule has 1 aromatic carbocycles. The molecule has 2 N–H and O–H groups in total. The number of amides is 3. The molecular weight excluding hydrogens is 340 g/mol. The third-order valence-electron chi connectivity index (χ3n) is 5.19. The number of rotatable bonds is 2. The van der Waals surface area contributed by atoms with Gasteiger partial charge in [0, 0.05) is 50.0 Å². The molecule has 2 saturated heterocycles. The summed E-state index contributed by atoms with van der Waals surface area (Å²) in [6.45, 7) is 6.14. The van der Waals surface area contributed by atoms with Gasteiger partial charge in [-0.3, -0.25) is 4.79 Å². The summed E-state index contributed by atoms with van der Waals surface area (Å²) in [7, 11) is 0. The van der Waals surface area contributed by atoms with E-state index in [-0.39, 0.29) is 11.8 Å². The first-order chi connectivity index (χ1) is 12.0. The average Bonchev–Trinajstić information content (AvgIpc) is 2.63. The van der Waals surface area contributed by atoms with E-state index in [1.54, 1.807) is 4.90 Å². The van der Waals surface area contributed by atoms with Gasteiger partial charge in [-0.25, -0.2) is 4.79 Å². The predicted molar refractivity (Wildman–Crippen MR) is 98.9 cm³/mol. The molecule has 1 atom stereocenters. The number of primary amides is 1. The molecule has 0 saturated carbocycles. The fraction of sp³-hybridized carbons (Fsp3) is 0.556. The van der Waals surface area contributed by atoms with Gasteiger partial charge in [0.05, 0.1) is 5.92 Å². The van der Waals surface area contributed by atoms with Crippen LogP contribution in [0.4, 0.5) is 10.5 Å².